The van der Waals surface area contributed by atoms with Crippen molar-refractivity contribution in [1.29, 1.82) is 0 Å². The summed E-state index contributed by atoms with van der Waals surface area (Å²) in [4.78, 5) is 0. The Morgan fingerprint density at radius 1 is 0.842 bits per heavy atom. The van der Waals surface area contributed by atoms with Crippen LogP contribution < -0.4 is 9.47 Å². The maximum absolute atomic E-state index is 5.40. The Bertz CT molecular complexity index is 384. The number of ether oxygens (including phenoxy) is 2. The van der Waals surface area contributed by atoms with Crippen molar-refractivity contribution in [3.8, 4) is 11.5 Å². The van der Waals surface area contributed by atoms with Gasteiger partial charge in [0.25, 0.3) is 0 Å². The van der Waals surface area contributed by atoms with E-state index in [9.17, 15) is 0 Å². The van der Waals surface area contributed by atoms with Crippen molar-refractivity contribution in [2.24, 2.45) is 0 Å². The van der Waals surface area contributed by atoms with Gasteiger partial charge >= 0.3 is 8.80 Å². The smallest absolute Gasteiger partial charge is 0.493 e. The lowest BCUT2D eigenvalue weighted by Gasteiger charge is -2.24. The molecule has 0 fully saturated rings. The third-order valence-corrected chi connectivity index (χ3v) is 5.83. The summed E-state index contributed by atoms with van der Waals surface area (Å²) in [5, 5.41) is 0. The molecule has 0 unspecified atom stereocenters. The van der Waals surface area contributed by atoms with E-state index in [0.29, 0.717) is 6.04 Å². The molecule has 6 heteroatoms. The minimum Gasteiger partial charge on any atom is -0.493 e. The van der Waals surface area contributed by atoms with Crippen molar-refractivity contribution in [2.75, 3.05) is 35.5 Å². The Hall–Kier alpha value is -1.08. The molecule has 0 amide bonds. The zero-order valence-electron chi connectivity index (χ0n) is 12.2. The van der Waals surface area contributed by atoms with Crippen molar-refractivity contribution < 1.29 is 22.8 Å². The van der Waals surface area contributed by atoms with Gasteiger partial charge in [-0.25, -0.2) is 0 Å². The quantitative estimate of drug-likeness (QED) is 0.685. The summed E-state index contributed by atoms with van der Waals surface area (Å²) in [6, 6.07) is 6.57. The van der Waals surface area contributed by atoms with E-state index in [2.05, 4.69) is 0 Å². The molecule has 0 aromatic heterocycles. The molecule has 0 N–H and O–H groups in total. The Balaban J connectivity index is 2.77. The van der Waals surface area contributed by atoms with E-state index in [-0.39, 0.29) is 0 Å². The summed E-state index contributed by atoms with van der Waals surface area (Å²) >= 11 is 0. The van der Waals surface area contributed by atoms with Crippen LogP contribution in [0.2, 0.25) is 6.04 Å². The first-order valence-electron chi connectivity index (χ1n) is 6.01. The highest BCUT2D eigenvalue weighted by molar-refractivity contribution is 6.60. The third-order valence-electron chi connectivity index (χ3n) is 3.10. The van der Waals surface area contributed by atoms with Crippen LogP contribution in [0, 0.1) is 0 Å². The van der Waals surface area contributed by atoms with Crippen LogP contribution in [-0.4, -0.2) is 44.4 Å². The summed E-state index contributed by atoms with van der Waals surface area (Å²) < 4.78 is 26.7. The minimum absolute atomic E-state index is 0.714. The van der Waals surface area contributed by atoms with E-state index >= 15 is 0 Å². The first-order chi connectivity index (χ1) is 9.14. The van der Waals surface area contributed by atoms with Crippen LogP contribution in [0.25, 0.3) is 0 Å². The molecule has 0 heterocycles. The van der Waals surface area contributed by atoms with Crippen molar-refractivity contribution in [3.63, 3.8) is 0 Å². The molecule has 1 rings (SSSR count). The zero-order valence-corrected chi connectivity index (χ0v) is 13.2. The van der Waals surface area contributed by atoms with Crippen LogP contribution in [0.15, 0.2) is 18.2 Å². The Labute approximate surface area is 115 Å². The number of hydrogen-bond acceptors (Lipinski definition) is 5. The maximum Gasteiger partial charge on any atom is 0.500 e. The Kier molecular flexibility index (Phi) is 6.30. The fraction of sp³-hybridized carbons (Fsp3) is 0.538. The van der Waals surface area contributed by atoms with Gasteiger partial charge < -0.3 is 22.8 Å². The summed E-state index contributed by atoms with van der Waals surface area (Å²) in [7, 11) is 5.58. The summed E-state index contributed by atoms with van der Waals surface area (Å²) in [6.45, 7) is 0. The monoisotopic (exact) mass is 286 g/mol. The zero-order chi connectivity index (χ0) is 14.3. The first kappa shape index (κ1) is 16.0. The van der Waals surface area contributed by atoms with Gasteiger partial charge in [-0.15, -0.1) is 0 Å². The van der Waals surface area contributed by atoms with Crippen molar-refractivity contribution in [2.45, 2.75) is 12.5 Å². The Morgan fingerprint density at radius 3 is 1.89 bits per heavy atom. The molecule has 0 aliphatic carbocycles. The maximum atomic E-state index is 5.40. The van der Waals surface area contributed by atoms with Crippen molar-refractivity contribution in [3.05, 3.63) is 23.8 Å². The standard InChI is InChI=1S/C13H22O5Si/c1-14-12-7-6-11(10-13(12)15-2)8-9-19(16-3,17-4)18-5/h6-7,10H,8-9H2,1-5H3. The fourth-order valence-corrected chi connectivity index (χ4v) is 3.60. The molecule has 0 atom stereocenters. The normalized spacial score (nSPS) is 11.4. The first-order valence-corrected chi connectivity index (χ1v) is 7.94. The van der Waals surface area contributed by atoms with Crippen LogP contribution in [0.5, 0.6) is 11.5 Å². The van der Waals surface area contributed by atoms with Gasteiger partial charge in [0.05, 0.1) is 14.2 Å². The highest BCUT2D eigenvalue weighted by Gasteiger charge is 2.37. The molecule has 0 bridgehead atoms. The SMILES string of the molecule is COc1ccc(CC[Si](OC)(OC)OC)cc1OC. The topological polar surface area (TPSA) is 46.2 Å². The summed E-state index contributed by atoms with van der Waals surface area (Å²) in [6.07, 6.45) is 0.794. The second-order valence-electron chi connectivity index (χ2n) is 3.98. The van der Waals surface area contributed by atoms with Crippen LogP contribution in [-0.2, 0) is 19.7 Å². The molecular weight excluding hydrogens is 264 g/mol. The van der Waals surface area contributed by atoms with Gasteiger partial charge in [0.15, 0.2) is 11.5 Å². The molecule has 1 aromatic rings. The fourth-order valence-electron chi connectivity index (χ4n) is 1.89. The molecular formula is C13H22O5Si. The van der Waals surface area contributed by atoms with Gasteiger partial charge in [-0.05, 0) is 24.1 Å². The average Bonchev–Trinajstić information content (AvgIpc) is 2.49. The van der Waals surface area contributed by atoms with E-state index in [1.54, 1.807) is 35.5 Å². The number of benzene rings is 1. The number of methoxy groups -OCH3 is 2. The van der Waals surface area contributed by atoms with Crippen molar-refractivity contribution in [1.82, 2.24) is 0 Å². The number of aryl methyl sites for hydroxylation is 1. The van der Waals surface area contributed by atoms with Gasteiger partial charge in [0.1, 0.15) is 0 Å². The van der Waals surface area contributed by atoms with E-state index in [1.165, 1.54) is 0 Å². The molecule has 0 spiro atoms. The second kappa shape index (κ2) is 7.49. The largest absolute Gasteiger partial charge is 0.500 e. The van der Waals surface area contributed by atoms with E-state index in [1.807, 2.05) is 18.2 Å². The highest BCUT2D eigenvalue weighted by atomic mass is 28.4. The van der Waals surface area contributed by atoms with Crippen LogP contribution in [0.3, 0.4) is 0 Å². The molecule has 0 saturated heterocycles. The van der Waals surface area contributed by atoms with Crippen LogP contribution in [0.4, 0.5) is 0 Å². The lowest BCUT2D eigenvalue weighted by Crippen LogP contribution is -2.43. The minimum atomic E-state index is -2.52. The molecule has 0 aliphatic rings. The lowest BCUT2D eigenvalue weighted by atomic mass is 10.1. The third kappa shape index (κ3) is 3.94. The van der Waals surface area contributed by atoms with E-state index in [4.69, 9.17) is 22.8 Å². The van der Waals surface area contributed by atoms with Gasteiger partial charge in [0.2, 0.25) is 0 Å². The van der Waals surface area contributed by atoms with Gasteiger partial charge in [-0.1, -0.05) is 6.07 Å². The predicted octanol–water partition coefficient (Wildman–Crippen LogP) is 2.12. The van der Waals surface area contributed by atoms with E-state index < -0.39 is 8.80 Å². The average molecular weight is 286 g/mol. The number of hydrogen-bond donors (Lipinski definition) is 0. The van der Waals surface area contributed by atoms with Gasteiger partial charge in [-0.2, -0.15) is 0 Å². The lowest BCUT2D eigenvalue weighted by molar-refractivity contribution is 0.123. The highest BCUT2D eigenvalue weighted by Crippen LogP contribution is 2.28. The van der Waals surface area contributed by atoms with E-state index in [0.717, 1.165) is 23.5 Å². The molecule has 0 aliphatic heterocycles. The molecule has 5 nitrogen and oxygen atoms in total. The van der Waals surface area contributed by atoms with Gasteiger partial charge in [0, 0.05) is 27.4 Å². The molecule has 0 radical (unpaired) electrons. The molecule has 19 heavy (non-hydrogen) atoms. The summed E-state index contributed by atoms with van der Waals surface area (Å²) in [5.41, 5.74) is 1.13. The predicted molar refractivity (Wildman–Crippen MR) is 74.8 cm³/mol. The molecule has 0 saturated carbocycles. The Morgan fingerprint density at radius 2 is 1.42 bits per heavy atom. The molecule has 1 aromatic carbocycles. The van der Waals surface area contributed by atoms with Crippen LogP contribution in [0.1, 0.15) is 5.56 Å². The van der Waals surface area contributed by atoms with Gasteiger partial charge in [-0.3, -0.25) is 0 Å². The summed E-state index contributed by atoms with van der Waals surface area (Å²) in [5.74, 6) is 1.44. The number of rotatable bonds is 8. The van der Waals surface area contributed by atoms with Crippen molar-refractivity contribution >= 4 is 8.80 Å². The molecule has 108 valence electrons. The second-order valence-corrected chi connectivity index (χ2v) is 7.08. The van der Waals surface area contributed by atoms with Crippen LogP contribution >= 0.6 is 0 Å².